The molecule has 2 aliphatic heterocycles. The number of allylic oxidation sites excluding steroid dienone is 1. The van der Waals surface area contributed by atoms with E-state index in [9.17, 15) is 24.3 Å². The number of hydrogen-bond donors (Lipinski definition) is 3. The van der Waals surface area contributed by atoms with Gasteiger partial charge in [0.15, 0.2) is 0 Å². The molecule has 0 bridgehead atoms. The zero-order valence-electron chi connectivity index (χ0n) is 28.0. The molecule has 1 aromatic heterocycles. The van der Waals surface area contributed by atoms with Crippen LogP contribution in [0.5, 0.6) is 0 Å². The number of carboxylic acids is 1. The minimum absolute atomic E-state index is 0.0622. The predicted octanol–water partition coefficient (Wildman–Crippen LogP) is 4.52. The lowest BCUT2D eigenvalue weighted by molar-refractivity contribution is -0.145. The molecular formula is C36H43N7O6. The number of carbonyl (C=O) groups is 4. The molecule has 5 atom stereocenters. The number of amides is 3. The molecule has 0 unspecified atom stereocenters. The zero-order valence-corrected chi connectivity index (χ0v) is 28.0. The molecule has 3 aliphatic rings. The highest BCUT2D eigenvalue weighted by atomic mass is 16.6. The van der Waals surface area contributed by atoms with E-state index in [-0.39, 0.29) is 25.3 Å². The lowest BCUT2D eigenvalue weighted by Gasteiger charge is -2.30. The minimum atomic E-state index is -1.43. The SMILES string of the molecule is CC(C)(C)OC(=O)N[C@@H]1CCCCC/C=C\[C@@H]2C[C@]2(C(=O)O)NC(=O)[C@@H]2C[C@H](n3nnc(-c4cccc(-c5ccccc5)c4)n3)CN2C1=O. The van der Waals surface area contributed by atoms with Gasteiger partial charge < -0.3 is 25.4 Å². The van der Waals surface area contributed by atoms with Crippen LogP contribution in [0.15, 0.2) is 66.7 Å². The van der Waals surface area contributed by atoms with E-state index in [1.165, 1.54) is 9.70 Å². The maximum Gasteiger partial charge on any atom is 0.408 e. The van der Waals surface area contributed by atoms with Crippen molar-refractivity contribution < 1.29 is 29.0 Å². The van der Waals surface area contributed by atoms with Crippen LogP contribution in [-0.2, 0) is 19.1 Å². The fraction of sp³-hybridized carbons (Fsp3) is 0.472. The highest BCUT2D eigenvalue weighted by Crippen LogP contribution is 2.45. The molecule has 258 valence electrons. The van der Waals surface area contributed by atoms with Crippen LogP contribution in [-0.4, -0.2) is 83.9 Å². The third kappa shape index (κ3) is 7.65. The normalized spacial score (nSPS) is 26.7. The Morgan fingerprint density at radius 2 is 1.78 bits per heavy atom. The van der Waals surface area contributed by atoms with Crippen molar-refractivity contribution in [2.45, 2.75) is 95.0 Å². The Labute approximate surface area is 285 Å². The van der Waals surface area contributed by atoms with Gasteiger partial charge in [-0.05, 0) is 68.9 Å². The average molecular weight is 670 g/mol. The van der Waals surface area contributed by atoms with Gasteiger partial charge in [0, 0.05) is 24.4 Å². The molecule has 2 fully saturated rings. The largest absolute Gasteiger partial charge is 0.479 e. The van der Waals surface area contributed by atoms with Crippen molar-refractivity contribution >= 4 is 23.9 Å². The molecule has 3 heterocycles. The van der Waals surface area contributed by atoms with E-state index < -0.39 is 53.1 Å². The van der Waals surface area contributed by atoms with Gasteiger partial charge in [-0.2, -0.15) is 4.80 Å². The van der Waals surface area contributed by atoms with E-state index in [1.54, 1.807) is 20.8 Å². The van der Waals surface area contributed by atoms with Crippen molar-refractivity contribution in [2.24, 2.45) is 5.92 Å². The van der Waals surface area contributed by atoms with Crippen LogP contribution in [0.3, 0.4) is 0 Å². The topological polar surface area (TPSA) is 169 Å². The summed E-state index contributed by atoms with van der Waals surface area (Å²) in [5.74, 6) is -2.09. The van der Waals surface area contributed by atoms with Crippen LogP contribution in [0.1, 0.15) is 71.8 Å². The van der Waals surface area contributed by atoms with Crippen LogP contribution in [0.25, 0.3) is 22.5 Å². The van der Waals surface area contributed by atoms with Crippen LogP contribution >= 0.6 is 0 Å². The molecule has 13 nitrogen and oxygen atoms in total. The molecule has 3 amide bonds. The summed E-state index contributed by atoms with van der Waals surface area (Å²) < 4.78 is 5.47. The van der Waals surface area contributed by atoms with Crippen molar-refractivity contribution in [1.29, 1.82) is 0 Å². The maximum atomic E-state index is 14.3. The Hall–Kier alpha value is -5.07. The number of fused-ring (bicyclic) bond motifs is 2. The van der Waals surface area contributed by atoms with E-state index in [0.29, 0.717) is 18.7 Å². The van der Waals surface area contributed by atoms with Crippen LogP contribution in [0.2, 0.25) is 0 Å². The van der Waals surface area contributed by atoms with Gasteiger partial charge in [-0.3, -0.25) is 9.59 Å². The smallest absolute Gasteiger partial charge is 0.408 e. The van der Waals surface area contributed by atoms with Crippen molar-refractivity contribution in [3.8, 4) is 22.5 Å². The van der Waals surface area contributed by atoms with E-state index in [1.807, 2.05) is 66.7 Å². The van der Waals surface area contributed by atoms with Crippen LogP contribution < -0.4 is 10.6 Å². The summed E-state index contributed by atoms with van der Waals surface area (Å²) >= 11 is 0. The molecule has 2 aromatic carbocycles. The van der Waals surface area contributed by atoms with Crippen LogP contribution in [0.4, 0.5) is 4.79 Å². The number of benzene rings is 2. The number of carbonyl (C=O) groups excluding carboxylic acids is 3. The summed E-state index contributed by atoms with van der Waals surface area (Å²) in [5.41, 5.74) is 0.587. The lowest BCUT2D eigenvalue weighted by Crippen LogP contribution is -2.56. The minimum Gasteiger partial charge on any atom is -0.479 e. The Bertz CT molecular complexity index is 1730. The molecule has 3 aromatic rings. The summed E-state index contributed by atoms with van der Waals surface area (Å²) in [4.78, 5) is 56.3. The van der Waals surface area contributed by atoms with E-state index in [2.05, 4.69) is 26.0 Å². The van der Waals surface area contributed by atoms with E-state index >= 15 is 0 Å². The number of hydrogen-bond acceptors (Lipinski definition) is 8. The molecule has 6 rings (SSSR count). The number of aliphatic carboxylic acids is 1. The van der Waals surface area contributed by atoms with E-state index in [0.717, 1.165) is 36.0 Å². The number of carboxylic acid groups (broad SMARTS) is 1. The summed E-state index contributed by atoms with van der Waals surface area (Å²) in [6.45, 7) is 5.28. The summed E-state index contributed by atoms with van der Waals surface area (Å²) in [7, 11) is 0. The molecule has 49 heavy (non-hydrogen) atoms. The second kappa shape index (κ2) is 13.8. The first-order valence-corrected chi connectivity index (χ1v) is 16.9. The van der Waals surface area contributed by atoms with Crippen molar-refractivity contribution in [1.82, 2.24) is 35.7 Å². The van der Waals surface area contributed by atoms with Crippen LogP contribution in [0, 0.1) is 5.92 Å². The van der Waals surface area contributed by atoms with Crippen molar-refractivity contribution in [3.05, 3.63) is 66.7 Å². The first-order valence-electron chi connectivity index (χ1n) is 16.9. The van der Waals surface area contributed by atoms with Gasteiger partial charge in [0.1, 0.15) is 23.2 Å². The molecule has 1 aliphatic carbocycles. The first kappa shape index (κ1) is 33.8. The van der Waals surface area contributed by atoms with Gasteiger partial charge in [0.05, 0.1) is 6.04 Å². The number of alkyl carbamates (subject to hydrolysis) is 1. The fourth-order valence-electron chi connectivity index (χ4n) is 6.66. The zero-order chi connectivity index (χ0) is 34.8. The summed E-state index contributed by atoms with van der Waals surface area (Å²) in [6.07, 6.45) is 6.91. The van der Waals surface area contributed by atoms with Crippen molar-refractivity contribution in [3.63, 3.8) is 0 Å². The number of rotatable bonds is 5. The van der Waals surface area contributed by atoms with Gasteiger partial charge in [-0.25, -0.2) is 9.59 Å². The molecule has 0 radical (unpaired) electrons. The van der Waals surface area contributed by atoms with Gasteiger partial charge in [0.25, 0.3) is 0 Å². The number of aromatic nitrogens is 4. The third-order valence-electron chi connectivity index (χ3n) is 9.31. The number of ether oxygens (including phenoxy) is 1. The second-order valence-corrected chi connectivity index (χ2v) is 14.1. The van der Waals surface area contributed by atoms with Gasteiger partial charge in [-0.15, -0.1) is 10.2 Å². The standard InChI is InChI=1S/C36H43N7O6/c1-35(2,3)49-34(48)37-28-18-11-6-4-5-10-17-26-21-36(26,33(46)47)38-31(44)29-20-27(22-42(29)32(28)45)43-40-30(39-41-43)25-16-12-15-24(19-25)23-13-8-7-9-14-23/h7-10,12-17,19,26-29H,4-6,11,18,20-22H2,1-3H3,(H,37,48)(H,38,44)(H,46,47)/b17-10-/t26-,27+,28-,29+,36+/m1/s1. The maximum absolute atomic E-state index is 14.3. The number of tetrazole rings is 1. The highest BCUT2D eigenvalue weighted by Gasteiger charge is 2.61. The lowest BCUT2D eigenvalue weighted by atomic mass is 10.0. The van der Waals surface area contributed by atoms with Gasteiger partial charge in [-0.1, -0.05) is 73.5 Å². The number of nitrogens with one attached hydrogen (secondary N) is 2. The molecule has 13 heteroatoms. The Balaban J connectivity index is 1.29. The van der Waals surface area contributed by atoms with Gasteiger partial charge in [0.2, 0.25) is 17.6 Å². The third-order valence-corrected chi connectivity index (χ3v) is 9.31. The molecule has 0 spiro atoms. The monoisotopic (exact) mass is 669 g/mol. The van der Waals surface area contributed by atoms with Gasteiger partial charge >= 0.3 is 12.1 Å². The fourth-order valence-corrected chi connectivity index (χ4v) is 6.66. The Morgan fingerprint density at radius 3 is 2.53 bits per heavy atom. The highest BCUT2D eigenvalue weighted by molar-refractivity contribution is 5.96. The van der Waals surface area contributed by atoms with E-state index in [4.69, 9.17) is 4.74 Å². The first-order chi connectivity index (χ1) is 23.4. The summed E-state index contributed by atoms with van der Waals surface area (Å²) in [6, 6.07) is 15.2. The molecular weight excluding hydrogens is 626 g/mol. The van der Waals surface area contributed by atoms with Crippen molar-refractivity contribution in [2.75, 3.05) is 6.54 Å². The Kier molecular flexibility index (Phi) is 9.53. The summed E-state index contributed by atoms with van der Waals surface area (Å²) in [5, 5.41) is 28.9. The quantitative estimate of drug-likeness (QED) is 0.331. The number of nitrogens with zero attached hydrogens (tertiary/aromatic N) is 5. The predicted molar refractivity (Wildman–Crippen MR) is 180 cm³/mol. The molecule has 3 N–H and O–H groups in total. The second-order valence-electron chi connectivity index (χ2n) is 14.1. The average Bonchev–Trinajstić information content (AvgIpc) is 3.38. The Morgan fingerprint density at radius 1 is 1.02 bits per heavy atom. The molecule has 1 saturated carbocycles. The molecule has 1 saturated heterocycles.